The molecule has 2 aromatic carbocycles. The molecule has 3 amide bonds. The second kappa shape index (κ2) is 12.2. The van der Waals surface area contributed by atoms with Gasteiger partial charge in [0.15, 0.2) is 0 Å². The smallest absolute Gasteiger partial charge is 0.261 e. The molecule has 0 bridgehead atoms. The average molecular weight is 520 g/mol. The number of benzene rings is 2. The summed E-state index contributed by atoms with van der Waals surface area (Å²) >= 11 is 1.31. The zero-order valence-corrected chi connectivity index (χ0v) is 22.3. The summed E-state index contributed by atoms with van der Waals surface area (Å²) in [5, 5.41) is 7.57. The molecule has 37 heavy (non-hydrogen) atoms. The molecule has 1 aliphatic heterocycles. The van der Waals surface area contributed by atoms with Crippen molar-refractivity contribution >= 4 is 34.7 Å². The van der Waals surface area contributed by atoms with E-state index in [1.165, 1.54) is 11.3 Å². The molecule has 2 heterocycles. The molecule has 1 saturated heterocycles. The van der Waals surface area contributed by atoms with Gasteiger partial charge in [-0.15, -0.1) is 11.3 Å². The Bertz CT molecular complexity index is 1210. The van der Waals surface area contributed by atoms with E-state index in [1.807, 2.05) is 68.6 Å². The van der Waals surface area contributed by atoms with Crippen LogP contribution in [0.2, 0.25) is 0 Å². The van der Waals surface area contributed by atoms with Crippen molar-refractivity contribution in [1.29, 1.82) is 0 Å². The summed E-state index contributed by atoms with van der Waals surface area (Å²) in [7, 11) is 0. The van der Waals surface area contributed by atoms with Gasteiger partial charge >= 0.3 is 0 Å². The van der Waals surface area contributed by atoms with Crippen LogP contribution in [-0.2, 0) is 14.3 Å². The van der Waals surface area contributed by atoms with E-state index >= 15 is 0 Å². The standard InChI is InChI=1S/C29H33N3O4S/c1-19-15-20(2)26(21(3)16-19)32(25(33)18-31-28(34)24-12-8-14-37-24)27(22-9-5-4-6-10-22)29(35)30-17-23-11-7-13-36-23/h4-6,8-10,12,14-16,23,27H,7,11,13,17-18H2,1-3H3,(H,30,35)(H,31,34)/t23-,27+/m0/s1. The van der Waals surface area contributed by atoms with Crippen molar-refractivity contribution in [1.82, 2.24) is 10.6 Å². The van der Waals surface area contributed by atoms with Crippen molar-refractivity contribution in [2.24, 2.45) is 0 Å². The summed E-state index contributed by atoms with van der Waals surface area (Å²) in [6.45, 7) is 6.70. The third kappa shape index (κ3) is 6.45. The van der Waals surface area contributed by atoms with Crippen LogP contribution in [0, 0.1) is 20.8 Å². The molecule has 1 fully saturated rings. The maximum absolute atomic E-state index is 13.9. The minimum Gasteiger partial charge on any atom is -0.376 e. The van der Waals surface area contributed by atoms with Gasteiger partial charge in [0.05, 0.1) is 23.2 Å². The normalized spacial score (nSPS) is 15.7. The van der Waals surface area contributed by atoms with Gasteiger partial charge in [0.1, 0.15) is 6.04 Å². The first-order chi connectivity index (χ1) is 17.8. The largest absolute Gasteiger partial charge is 0.376 e. The Balaban J connectivity index is 1.70. The van der Waals surface area contributed by atoms with Crippen LogP contribution in [0.1, 0.15) is 50.8 Å². The number of hydrogen-bond donors (Lipinski definition) is 2. The minimum absolute atomic E-state index is 0.0301. The number of ether oxygens (including phenoxy) is 1. The molecular formula is C29H33N3O4S. The average Bonchev–Trinajstić information content (AvgIpc) is 3.60. The molecule has 0 spiro atoms. The quantitative estimate of drug-likeness (QED) is 0.437. The minimum atomic E-state index is -0.922. The van der Waals surface area contributed by atoms with Crippen LogP contribution >= 0.6 is 11.3 Å². The molecule has 1 aliphatic rings. The number of thiophene rings is 1. The summed E-state index contributed by atoms with van der Waals surface area (Å²) in [6.07, 6.45) is 1.83. The van der Waals surface area contributed by atoms with Crippen molar-refractivity contribution < 1.29 is 19.1 Å². The number of amides is 3. The number of aryl methyl sites for hydroxylation is 3. The molecule has 1 aromatic heterocycles. The zero-order valence-electron chi connectivity index (χ0n) is 21.5. The Morgan fingerprint density at radius 3 is 2.38 bits per heavy atom. The summed E-state index contributed by atoms with van der Waals surface area (Å²) in [5.74, 6) is -0.986. The molecular weight excluding hydrogens is 486 g/mol. The summed E-state index contributed by atoms with van der Waals surface area (Å²) in [5.41, 5.74) is 4.18. The maximum Gasteiger partial charge on any atom is 0.261 e. The van der Waals surface area contributed by atoms with E-state index in [1.54, 1.807) is 17.0 Å². The summed E-state index contributed by atoms with van der Waals surface area (Å²) in [4.78, 5) is 42.4. The van der Waals surface area contributed by atoms with E-state index in [-0.39, 0.29) is 30.4 Å². The first-order valence-corrected chi connectivity index (χ1v) is 13.4. The van der Waals surface area contributed by atoms with Gasteiger partial charge in [-0.2, -0.15) is 0 Å². The number of anilines is 1. The van der Waals surface area contributed by atoms with Crippen molar-refractivity contribution in [3.8, 4) is 0 Å². The highest BCUT2D eigenvalue weighted by Crippen LogP contribution is 2.34. The van der Waals surface area contributed by atoms with Gasteiger partial charge in [0.2, 0.25) is 11.8 Å². The van der Waals surface area contributed by atoms with Crippen LogP contribution in [0.4, 0.5) is 5.69 Å². The molecule has 0 aliphatic carbocycles. The van der Waals surface area contributed by atoms with E-state index < -0.39 is 6.04 Å². The lowest BCUT2D eigenvalue weighted by molar-refractivity contribution is -0.126. The molecule has 0 unspecified atom stereocenters. The second-order valence-corrected chi connectivity index (χ2v) is 10.3. The summed E-state index contributed by atoms with van der Waals surface area (Å²) in [6, 6.07) is 15.8. The maximum atomic E-state index is 13.9. The van der Waals surface area contributed by atoms with Gasteiger partial charge in [-0.25, -0.2) is 0 Å². The number of rotatable bonds is 9. The predicted molar refractivity (Wildman–Crippen MR) is 146 cm³/mol. The number of carbonyl (C=O) groups is 3. The van der Waals surface area contributed by atoms with Crippen molar-refractivity contribution in [2.45, 2.75) is 45.8 Å². The monoisotopic (exact) mass is 519 g/mol. The molecule has 3 aromatic rings. The fourth-order valence-electron chi connectivity index (χ4n) is 4.86. The van der Waals surface area contributed by atoms with E-state index in [0.29, 0.717) is 29.3 Å². The number of nitrogens with zero attached hydrogens (tertiary/aromatic N) is 1. The van der Waals surface area contributed by atoms with Gasteiger partial charge in [0.25, 0.3) is 5.91 Å². The van der Waals surface area contributed by atoms with Crippen LogP contribution in [0.5, 0.6) is 0 Å². The first kappa shape index (κ1) is 26.6. The van der Waals surface area contributed by atoms with Crippen molar-refractivity contribution in [2.75, 3.05) is 24.6 Å². The van der Waals surface area contributed by atoms with Crippen LogP contribution < -0.4 is 15.5 Å². The van der Waals surface area contributed by atoms with Crippen LogP contribution in [0.25, 0.3) is 0 Å². The van der Waals surface area contributed by atoms with Gasteiger partial charge in [-0.3, -0.25) is 19.3 Å². The highest BCUT2D eigenvalue weighted by Gasteiger charge is 2.35. The number of nitrogens with one attached hydrogen (secondary N) is 2. The van der Waals surface area contributed by atoms with Gasteiger partial charge in [-0.05, 0) is 61.7 Å². The summed E-state index contributed by atoms with van der Waals surface area (Å²) < 4.78 is 5.69. The Hall–Kier alpha value is -3.49. The van der Waals surface area contributed by atoms with Gasteiger partial charge < -0.3 is 15.4 Å². The second-order valence-electron chi connectivity index (χ2n) is 9.36. The number of carbonyl (C=O) groups excluding carboxylic acids is 3. The van der Waals surface area contributed by atoms with Crippen molar-refractivity contribution in [3.63, 3.8) is 0 Å². The third-order valence-electron chi connectivity index (χ3n) is 6.44. The lowest BCUT2D eigenvalue weighted by Gasteiger charge is -2.34. The van der Waals surface area contributed by atoms with E-state index in [4.69, 9.17) is 4.74 Å². The molecule has 7 nitrogen and oxygen atoms in total. The lowest BCUT2D eigenvalue weighted by Crippen LogP contribution is -2.49. The van der Waals surface area contributed by atoms with Crippen LogP contribution in [0.15, 0.2) is 60.0 Å². The Labute approximate surface area is 221 Å². The van der Waals surface area contributed by atoms with E-state index in [2.05, 4.69) is 10.6 Å². The molecule has 0 saturated carbocycles. The van der Waals surface area contributed by atoms with E-state index in [0.717, 1.165) is 29.5 Å². The fraction of sp³-hybridized carbons (Fsp3) is 0.345. The van der Waals surface area contributed by atoms with Crippen LogP contribution in [-0.4, -0.2) is 43.5 Å². The lowest BCUT2D eigenvalue weighted by atomic mass is 9.98. The highest BCUT2D eigenvalue weighted by atomic mass is 32.1. The predicted octanol–water partition coefficient (Wildman–Crippen LogP) is 4.47. The fourth-order valence-corrected chi connectivity index (χ4v) is 5.50. The highest BCUT2D eigenvalue weighted by molar-refractivity contribution is 7.12. The SMILES string of the molecule is Cc1cc(C)c(N(C(=O)CNC(=O)c2cccs2)[C@@H](C(=O)NC[C@@H]2CCCO2)c2ccccc2)c(C)c1. The Morgan fingerprint density at radius 2 is 1.76 bits per heavy atom. The van der Waals surface area contributed by atoms with Gasteiger partial charge in [-0.1, -0.05) is 54.1 Å². The van der Waals surface area contributed by atoms with Crippen molar-refractivity contribution in [3.05, 3.63) is 87.1 Å². The molecule has 2 N–H and O–H groups in total. The molecule has 8 heteroatoms. The zero-order chi connectivity index (χ0) is 26.4. The third-order valence-corrected chi connectivity index (χ3v) is 7.31. The molecule has 4 rings (SSSR count). The number of hydrogen-bond acceptors (Lipinski definition) is 5. The van der Waals surface area contributed by atoms with Gasteiger partial charge in [0, 0.05) is 13.2 Å². The molecule has 2 atom stereocenters. The molecule has 0 radical (unpaired) electrons. The Kier molecular flexibility index (Phi) is 8.74. The Morgan fingerprint density at radius 1 is 1.03 bits per heavy atom. The van der Waals surface area contributed by atoms with E-state index in [9.17, 15) is 14.4 Å². The van der Waals surface area contributed by atoms with Crippen LogP contribution in [0.3, 0.4) is 0 Å². The topological polar surface area (TPSA) is 87.7 Å². The molecule has 194 valence electrons. The first-order valence-electron chi connectivity index (χ1n) is 12.5.